The molecule has 0 radical (unpaired) electrons. The van der Waals surface area contributed by atoms with Crippen LogP contribution >= 0.6 is 0 Å². The average molecular weight is 270 g/mol. The van der Waals surface area contributed by atoms with Crippen LogP contribution in [0.25, 0.3) is 0 Å². The van der Waals surface area contributed by atoms with Crippen LogP contribution in [0.15, 0.2) is 29.4 Å². The zero-order valence-electron chi connectivity index (χ0n) is 9.95. The van der Waals surface area contributed by atoms with Crippen molar-refractivity contribution in [2.75, 3.05) is 18.9 Å². The molecule has 1 saturated heterocycles. The number of hydrogen-bond acceptors (Lipinski definition) is 4. The van der Waals surface area contributed by atoms with Crippen LogP contribution in [0.4, 0.5) is 0 Å². The lowest BCUT2D eigenvalue weighted by Crippen LogP contribution is -2.51. The van der Waals surface area contributed by atoms with Crippen molar-refractivity contribution in [1.82, 2.24) is 4.31 Å². The van der Waals surface area contributed by atoms with Gasteiger partial charge in [0.1, 0.15) is 5.78 Å². The first kappa shape index (κ1) is 13.0. The van der Waals surface area contributed by atoms with E-state index in [0.717, 1.165) is 11.1 Å². The van der Waals surface area contributed by atoms with E-state index in [1.165, 1.54) is 16.6 Å². The van der Waals surface area contributed by atoms with Gasteiger partial charge in [0.25, 0.3) is 0 Å². The number of ketones is 1. The van der Waals surface area contributed by atoms with E-state index in [0.29, 0.717) is 19.4 Å². The van der Waals surface area contributed by atoms with Crippen molar-refractivity contribution in [2.24, 2.45) is 0 Å². The van der Waals surface area contributed by atoms with Gasteiger partial charge < -0.3 is 0 Å². The minimum absolute atomic E-state index is 0.000278. The standard InChI is InChI=1S/C11H16N3O3S/c12-14-8-4-2-6-11(14)18(16,17)13-7-3-1-5-10(15)9-13/h2,4,6,8H,1,3,5,7,9,12H2/q+1. The van der Waals surface area contributed by atoms with E-state index in [1.807, 2.05) is 0 Å². The first-order valence-electron chi connectivity index (χ1n) is 5.79. The molecule has 2 heterocycles. The Kier molecular flexibility index (Phi) is 3.63. The lowest BCUT2D eigenvalue weighted by molar-refractivity contribution is -0.678. The molecule has 6 nitrogen and oxygen atoms in total. The highest BCUT2D eigenvalue weighted by Gasteiger charge is 2.34. The van der Waals surface area contributed by atoms with Gasteiger partial charge in [-0.15, -0.1) is 0 Å². The van der Waals surface area contributed by atoms with Gasteiger partial charge in [0, 0.05) is 25.1 Å². The van der Waals surface area contributed by atoms with Crippen molar-refractivity contribution < 1.29 is 17.9 Å². The predicted octanol–water partition coefficient (Wildman–Crippen LogP) is -0.568. The first-order valence-corrected chi connectivity index (χ1v) is 7.23. The van der Waals surface area contributed by atoms with Crippen molar-refractivity contribution in [1.29, 1.82) is 0 Å². The number of sulfonamides is 1. The number of nitrogens with two attached hydrogens (primary N) is 1. The van der Waals surface area contributed by atoms with E-state index in [-0.39, 0.29) is 17.4 Å². The third-order valence-corrected chi connectivity index (χ3v) is 4.79. The van der Waals surface area contributed by atoms with E-state index in [9.17, 15) is 13.2 Å². The van der Waals surface area contributed by atoms with E-state index in [1.54, 1.807) is 12.1 Å². The minimum atomic E-state index is -3.70. The first-order chi connectivity index (χ1) is 8.51. The zero-order chi connectivity index (χ0) is 13.2. The molecule has 1 aliphatic heterocycles. The maximum absolute atomic E-state index is 12.4. The average Bonchev–Trinajstić information content (AvgIpc) is 2.54. The Bertz CT molecular complexity index is 556. The molecule has 7 heteroatoms. The molecular weight excluding hydrogens is 254 g/mol. The zero-order valence-corrected chi connectivity index (χ0v) is 10.8. The van der Waals surface area contributed by atoms with Gasteiger partial charge in [-0.3, -0.25) is 4.79 Å². The summed E-state index contributed by atoms with van der Waals surface area (Å²) in [5.74, 6) is 5.57. The van der Waals surface area contributed by atoms with Crippen molar-refractivity contribution in [3.05, 3.63) is 24.4 Å². The Morgan fingerprint density at radius 3 is 2.78 bits per heavy atom. The highest BCUT2D eigenvalue weighted by atomic mass is 32.2. The summed E-state index contributed by atoms with van der Waals surface area (Å²) in [6.45, 7) is 0.306. The third kappa shape index (κ3) is 2.51. The topological polar surface area (TPSA) is 84.3 Å². The molecule has 98 valence electrons. The van der Waals surface area contributed by atoms with Crippen LogP contribution in [0.1, 0.15) is 19.3 Å². The Labute approximate surface area is 106 Å². The second kappa shape index (κ2) is 5.03. The number of pyridine rings is 1. The van der Waals surface area contributed by atoms with Gasteiger partial charge in [-0.2, -0.15) is 4.31 Å². The molecule has 18 heavy (non-hydrogen) atoms. The fourth-order valence-corrected chi connectivity index (χ4v) is 3.49. The van der Waals surface area contributed by atoms with Gasteiger partial charge in [0.15, 0.2) is 0 Å². The summed E-state index contributed by atoms with van der Waals surface area (Å²) < 4.78 is 27.0. The SMILES string of the molecule is N[n+]1ccccc1S(=O)(=O)N1CCCCC(=O)C1. The molecule has 0 bridgehead atoms. The fourth-order valence-electron chi connectivity index (χ4n) is 1.96. The van der Waals surface area contributed by atoms with Gasteiger partial charge >= 0.3 is 15.0 Å². The summed E-state index contributed by atoms with van der Waals surface area (Å²) >= 11 is 0. The van der Waals surface area contributed by atoms with Crippen LogP contribution in [-0.4, -0.2) is 31.6 Å². The Morgan fingerprint density at radius 1 is 1.28 bits per heavy atom. The number of nitrogens with zero attached hydrogens (tertiary/aromatic N) is 2. The van der Waals surface area contributed by atoms with Gasteiger partial charge in [0.2, 0.25) is 6.20 Å². The van der Waals surface area contributed by atoms with Crippen molar-refractivity contribution in [3.8, 4) is 0 Å². The number of carbonyl (C=O) groups is 1. The normalized spacial score (nSPS) is 18.6. The van der Waals surface area contributed by atoms with E-state index < -0.39 is 10.0 Å². The third-order valence-electron chi connectivity index (χ3n) is 2.92. The molecule has 0 saturated carbocycles. The lowest BCUT2D eigenvalue weighted by atomic mass is 10.2. The Morgan fingerprint density at radius 2 is 2.06 bits per heavy atom. The lowest BCUT2D eigenvalue weighted by Gasteiger charge is -2.16. The molecular formula is C11H16N3O3S+. The van der Waals surface area contributed by atoms with Crippen LogP contribution < -0.4 is 10.5 Å². The maximum Gasteiger partial charge on any atom is 0.340 e. The van der Waals surface area contributed by atoms with Crippen LogP contribution in [0.2, 0.25) is 0 Å². The summed E-state index contributed by atoms with van der Waals surface area (Å²) in [5.41, 5.74) is 0. The molecule has 1 aliphatic rings. The van der Waals surface area contributed by atoms with Crippen LogP contribution in [0, 0.1) is 0 Å². The molecule has 2 N–H and O–H groups in total. The molecule has 0 amide bonds. The van der Waals surface area contributed by atoms with Crippen LogP contribution in [0.3, 0.4) is 0 Å². The van der Waals surface area contributed by atoms with Gasteiger partial charge in [-0.05, 0) is 18.9 Å². The van der Waals surface area contributed by atoms with Crippen molar-refractivity contribution >= 4 is 15.8 Å². The molecule has 0 aliphatic carbocycles. The minimum Gasteiger partial charge on any atom is -0.298 e. The van der Waals surface area contributed by atoms with Gasteiger partial charge in [-0.1, -0.05) is 4.68 Å². The monoisotopic (exact) mass is 270 g/mol. The fraction of sp³-hybridized carbons (Fsp3) is 0.455. The van der Waals surface area contributed by atoms with E-state index >= 15 is 0 Å². The molecule has 1 aromatic rings. The second-order valence-electron chi connectivity index (χ2n) is 4.28. The number of nitrogen functional groups attached to an aromatic ring is 1. The number of aromatic nitrogens is 1. The highest BCUT2D eigenvalue weighted by Crippen LogP contribution is 2.16. The molecule has 2 rings (SSSR count). The summed E-state index contributed by atoms with van der Waals surface area (Å²) in [7, 11) is -3.70. The quantitative estimate of drug-likeness (QED) is 0.576. The largest absolute Gasteiger partial charge is 0.340 e. The van der Waals surface area contributed by atoms with Gasteiger partial charge in [-0.25, -0.2) is 14.3 Å². The summed E-state index contributed by atoms with van der Waals surface area (Å²) in [5, 5.41) is -0.000278. The molecule has 0 atom stereocenters. The van der Waals surface area contributed by atoms with E-state index in [4.69, 9.17) is 5.84 Å². The number of rotatable bonds is 2. The molecule has 0 spiro atoms. The van der Waals surface area contributed by atoms with Gasteiger partial charge in [0.05, 0.1) is 6.54 Å². The number of Topliss-reactive ketones (excluding diaryl/α,β-unsaturated/α-hetero) is 1. The van der Waals surface area contributed by atoms with Crippen LogP contribution in [0.5, 0.6) is 0 Å². The second-order valence-corrected chi connectivity index (χ2v) is 6.17. The van der Waals surface area contributed by atoms with Crippen molar-refractivity contribution in [2.45, 2.75) is 24.3 Å². The number of carbonyl (C=O) groups excluding carboxylic acids is 1. The highest BCUT2D eigenvalue weighted by molar-refractivity contribution is 7.89. The molecule has 1 aromatic heterocycles. The summed E-state index contributed by atoms with van der Waals surface area (Å²) in [4.78, 5) is 11.5. The van der Waals surface area contributed by atoms with E-state index in [2.05, 4.69) is 0 Å². The van der Waals surface area contributed by atoms with Crippen molar-refractivity contribution in [3.63, 3.8) is 0 Å². The Hall–Kier alpha value is -1.47. The number of hydrogen-bond donors (Lipinski definition) is 1. The maximum atomic E-state index is 12.4. The summed E-state index contributed by atoms with van der Waals surface area (Å²) in [6, 6.07) is 4.69. The molecule has 0 unspecified atom stereocenters. The summed E-state index contributed by atoms with van der Waals surface area (Å²) in [6.07, 6.45) is 3.35. The molecule has 0 aromatic carbocycles. The smallest absolute Gasteiger partial charge is 0.298 e. The van der Waals surface area contributed by atoms with Crippen LogP contribution in [-0.2, 0) is 14.8 Å². The predicted molar refractivity (Wildman–Crippen MR) is 64.4 cm³/mol. The molecule has 1 fully saturated rings. The Balaban J connectivity index is 2.36.